The number of methoxy groups -OCH3 is 2. The normalized spacial score (nSPS) is 13.0. The smallest absolute Gasteiger partial charge is 0.242 e. The molecule has 144 valence electrons. The van der Waals surface area contributed by atoms with Gasteiger partial charge in [-0.3, -0.25) is 4.79 Å². The predicted octanol–water partition coefficient (Wildman–Crippen LogP) is 2.86. The second-order valence-corrected chi connectivity index (χ2v) is 6.29. The molecule has 0 aromatic heterocycles. The van der Waals surface area contributed by atoms with Crippen LogP contribution in [0, 0.1) is 6.92 Å². The lowest BCUT2D eigenvalue weighted by Gasteiger charge is -2.19. The Balaban J connectivity index is 1.61. The van der Waals surface area contributed by atoms with Crippen LogP contribution in [0.5, 0.6) is 23.0 Å². The standard InChI is InChI=1S/C20H24N2O5/c1-12-7-17(24-3)18(25-4)9-15(12)22-13(2)20(23)21-10-14-5-6-16-19(8-14)27-11-26-16/h5-9,13,22H,10-11H2,1-4H3,(H,21,23)/t13-/m1/s1. The van der Waals surface area contributed by atoms with Gasteiger partial charge in [-0.15, -0.1) is 0 Å². The molecule has 1 aliphatic heterocycles. The van der Waals surface area contributed by atoms with E-state index in [0.29, 0.717) is 23.8 Å². The molecule has 0 saturated carbocycles. The molecule has 1 atom stereocenters. The van der Waals surface area contributed by atoms with Crippen molar-refractivity contribution in [1.29, 1.82) is 0 Å². The number of fused-ring (bicyclic) bond motifs is 1. The Kier molecular flexibility index (Phi) is 5.59. The first kappa shape index (κ1) is 18.7. The zero-order valence-electron chi connectivity index (χ0n) is 15.9. The summed E-state index contributed by atoms with van der Waals surface area (Å²) in [6, 6.07) is 8.91. The fourth-order valence-electron chi connectivity index (χ4n) is 2.83. The lowest BCUT2D eigenvalue weighted by Crippen LogP contribution is -2.37. The minimum absolute atomic E-state index is 0.109. The van der Waals surface area contributed by atoms with Gasteiger partial charge >= 0.3 is 0 Å². The van der Waals surface area contributed by atoms with Gasteiger partial charge in [-0.05, 0) is 43.2 Å². The fraction of sp³-hybridized carbons (Fsp3) is 0.350. The molecular formula is C20H24N2O5. The summed E-state index contributed by atoms with van der Waals surface area (Å²) in [5.74, 6) is 2.58. The molecule has 0 saturated heterocycles. The molecule has 7 nitrogen and oxygen atoms in total. The van der Waals surface area contributed by atoms with Gasteiger partial charge in [0.25, 0.3) is 0 Å². The number of nitrogens with one attached hydrogen (secondary N) is 2. The van der Waals surface area contributed by atoms with Gasteiger partial charge in [0.15, 0.2) is 23.0 Å². The van der Waals surface area contributed by atoms with E-state index in [9.17, 15) is 4.79 Å². The molecule has 3 rings (SSSR count). The first-order chi connectivity index (χ1) is 13.0. The first-order valence-corrected chi connectivity index (χ1v) is 8.67. The minimum atomic E-state index is -0.421. The Morgan fingerprint density at radius 2 is 1.81 bits per heavy atom. The van der Waals surface area contributed by atoms with Gasteiger partial charge in [-0.25, -0.2) is 0 Å². The maximum atomic E-state index is 12.5. The number of ether oxygens (including phenoxy) is 4. The van der Waals surface area contributed by atoms with Gasteiger partial charge in [-0.1, -0.05) is 6.07 Å². The summed E-state index contributed by atoms with van der Waals surface area (Å²) < 4.78 is 21.3. The van der Waals surface area contributed by atoms with Crippen molar-refractivity contribution in [3.8, 4) is 23.0 Å². The van der Waals surface area contributed by atoms with Gasteiger partial charge in [-0.2, -0.15) is 0 Å². The zero-order chi connectivity index (χ0) is 19.4. The summed E-state index contributed by atoms with van der Waals surface area (Å²) in [6.07, 6.45) is 0. The van der Waals surface area contributed by atoms with E-state index in [2.05, 4.69) is 10.6 Å². The first-order valence-electron chi connectivity index (χ1n) is 8.67. The number of hydrogen-bond donors (Lipinski definition) is 2. The van der Waals surface area contributed by atoms with Crippen molar-refractivity contribution in [3.63, 3.8) is 0 Å². The molecule has 2 aromatic carbocycles. The fourth-order valence-corrected chi connectivity index (χ4v) is 2.83. The van der Waals surface area contributed by atoms with Crippen molar-refractivity contribution >= 4 is 11.6 Å². The number of anilines is 1. The minimum Gasteiger partial charge on any atom is -0.493 e. The number of rotatable bonds is 7. The highest BCUT2D eigenvalue weighted by Crippen LogP contribution is 2.33. The molecule has 1 aliphatic rings. The largest absolute Gasteiger partial charge is 0.493 e. The van der Waals surface area contributed by atoms with E-state index >= 15 is 0 Å². The van der Waals surface area contributed by atoms with Crippen molar-refractivity contribution in [2.75, 3.05) is 26.3 Å². The Hall–Kier alpha value is -3.09. The molecule has 0 spiro atoms. The molecule has 2 N–H and O–H groups in total. The SMILES string of the molecule is COc1cc(C)c(N[C@H](C)C(=O)NCc2ccc3c(c2)OCO3)cc1OC. The molecule has 7 heteroatoms. The van der Waals surface area contributed by atoms with Crippen LogP contribution in [0.3, 0.4) is 0 Å². The number of benzene rings is 2. The summed E-state index contributed by atoms with van der Waals surface area (Å²) >= 11 is 0. The molecular weight excluding hydrogens is 348 g/mol. The van der Waals surface area contributed by atoms with Crippen molar-refractivity contribution in [1.82, 2.24) is 5.32 Å². The predicted molar refractivity (Wildman–Crippen MR) is 102 cm³/mol. The quantitative estimate of drug-likeness (QED) is 0.778. The summed E-state index contributed by atoms with van der Waals surface area (Å²) in [4.78, 5) is 12.5. The maximum Gasteiger partial charge on any atom is 0.242 e. The molecule has 0 radical (unpaired) electrons. The van der Waals surface area contributed by atoms with E-state index in [0.717, 1.165) is 22.6 Å². The number of aryl methyl sites for hydroxylation is 1. The third-order valence-electron chi connectivity index (χ3n) is 4.40. The highest BCUT2D eigenvalue weighted by Gasteiger charge is 2.17. The van der Waals surface area contributed by atoms with E-state index in [1.54, 1.807) is 14.2 Å². The monoisotopic (exact) mass is 372 g/mol. The van der Waals surface area contributed by atoms with E-state index in [1.807, 2.05) is 44.2 Å². The third-order valence-corrected chi connectivity index (χ3v) is 4.40. The third kappa shape index (κ3) is 4.19. The van der Waals surface area contributed by atoms with E-state index in [4.69, 9.17) is 18.9 Å². The molecule has 1 amide bonds. The summed E-state index contributed by atoms with van der Waals surface area (Å²) in [6.45, 7) is 4.40. The second kappa shape index (κ2) is 8.07. The van der Waals surface area contributed by atoms with Gasteiger partial charge in [0.05, 0.1) is 14.2 Å². The summed E-state index contributed by atoms with van der Waals surface area (Å²) in [5, 5.41) is 6.15. The molecule has 27 heavy (non-hydrogen) atoms. The van der Waals surface area contributed by atoms with Crippen LogP contribution < -0.4 is 29.6 Å². The van der Waals surface area contributed by atoms with Crippen molar-refractivity contribution < 1.29 is 23.7 Å². The lowest BCUT2D eigenvalue weighted by atomic mass is 10.1. The van der Waals surface area contributed by atoms with Crippen LogP contribution in [0.2, 0.25) is 0 Å². The van der Waals surface area contributed by atoms with Gasteiger partial charge in [0.1, 0.15) is 6.04 Å². The molecule has 2 aromatic rings. The molecule has 0 aliphatic carbocycles. The van der Waals surface area contributed by atoms with Crippen LogP contribution in [-0.4, -0.2) is 33.0 Å². The van der Waals surface area contributed by atoms with Crippen LogP contribution >= 0.6 is 0 Å². The number of carbonyl (C=O) groups is 1. The van der Waals surface area contributed by atoms with E-state index in [1.165, 1.54) is 0 Å². The van der Waals surface area contributed by atoms with Crippen LogP contribution in [-0.2, 0) is 11.3 Å². The van der Waals surface area contributed by atoms with E-state index < -0.39 is 6.04 Å². The van der Waals surface area contributed by atoms with Gasteiger partial charge < -0.3 is 29.6 Å². The average Bonchev–Trinajstić information content (AvgIpc) is 3.14. The van der Waals surface area contributed by atoms with Crippen LogP contribution in [0.1, 0.15) is 18.1 Å². The second-order valence-electron chi connectivity index (χ2n) is 6.29. The molecule has 1 heterocycles. The van der Waals surface area contributed by atoms with Crippen LogP contribution in [0.4, 0.5) is 5.69 Å². The van der Waals surface area contributed by atoms with Crippen molar-refractivity contribution in [3.05, 3.63) is 41.5 Å². The van der Waals surface area contributed by atoms with Crippen molar-refractivity contribution in [2.24, 2.45) is 0 Å². The highest BCUT2D eigenvalue weighted by molar-refractivity contribution is 5.84. The average molecular weight is 372 g/mol. The topological polar surface area (TPSA) is 78.1 Å². The summed E-state index contributed by atoms with van der Waals surface area (Å²) in [5.41, 5.74) is 2.73. The van der Waals surface area contributed by atoms with Gasteiger partial charge in [0, 0.05) is 18.3 Å². The molecule has 0 fully saturated rings. The Morgan fingerprint density at radius 3 is 2.56 bits per heavy atom. The summed E-state index contributed by atoms with van der Waals surface area (Å²) in [7, 11) is 3.18. The highest BCUT2D eigenvalue weighted by atomic mass is 16.7. The van der Waals surface area contributed by atoms with Crippen molar-refractivity contribution in [2.45, 2.75) is 26.4 Å². The van der Waals surface area contributed by atoms with Gasteiger partial charge in [0.2, 0.25) is 12.7 Å². The number of carbonyl (C=O) groups excluding carboxylic acids is 1. The van der Waals surface area contributed by atoms with E-state index in [-0.39, 0.29) is 12.7 Å². The Labute approximate surface area is 158 Å². The number of amides is 1. The molecule has 0 unspecified atom stereocenters. The maximum absolute atomic E-state index is 12.5. The van der Waals surface area contributed by atoms with Crippen LogP contribution in [0.25, 0.3) is 0 Å². The lowest BCUT2D eigenvalue weighted by molar-refractivity contribution is -0.121. The Morgan fingerprint density at radius 1 is 1.11 bits per heavy atom. The molecule has 0 bridgehead atoms. The number of hydrogen-bond acceptors (Lipinski definition) is 6. The zero-order valence-corrected chi connectivity index (χ0v) is 15.9. The van der Waals surface area contributed by atoms with Crippen LogP contribution in [0.15, 0.2) is 30.3 Å². The Bertz CT molecular complexity index is 837.